The molecule has 3 nitrogen and oxygen atoms in total. The molecule has 3 rings (SSSR count). The SMILES string of the molecule is CC(C)(C)c1ccc(C2=N/C(=C\c3cc(Br)cs3)C(=O)O2)cc1. The monoisotopic (exact) mass is 389 g/mol. The van der Waals surface area contributed by atoms with Crippen LogP contribution in [0, 0.1) is 0 Å². The third kappa shape index (κ3) is 3.62. The van der Waals surface area contributed by atoms with Crippen LogP contribution < -0.4 is 0 Å². The highest BCUT2D eigenvalue weighted by Crippen LogP contribution is 2.26. The number of benzene rings is 1. The van der Waals surface area contributed by atoms with Crippen molar-refractivity contribution in [1.82, 2.24) is 0 Å². The maximum absolute atomic E-state index is 12.0. The van der Waals surface area contributed by atoms with Gasteiger partial charge in [-0.25, -0.2) is 9.79 Å². The Labute approximate surface area is 147 Å². The predicted molar refractivity (Wildman–Crippen MR) is 97.8 cm³/mol. The summed E-state index contributed by atoms with van der Waals surface area (Å²) >= 11 is 4.94. The van der Waals surface area contributed by atoms with Crippen LogP contribution >= 0.6 is 27.3 Å². The molecule has 23 heavy (non-hydrogen) atoms. The molecular weight excluding hydrogens is 374 g/mol. The van der Waals surface area contributed by atoms with Gasteiger partial charge in [-0.2, -0.15) is 0 Å². The lowest BCUT2D eigenvalue weighted by Crippen LogP contribution is -2.11. The average Bonchev–Trinajstić information content (AvgIpc) is 3.05. The van der Waals surface area contributed by atoms with Gasteiger partial charge in [-0.1, -0.05) is 32.9 Å². The molecule has 0 fully saturated rings. The Morgan fingerprint density at radius 2 is 1.91 bits per heavy atom. The minimum absolute atomic E-state index is 0.0876. The summed E-state index contributed by atoms with van der Waals surface area (Å²) in [6.45, 7) is 6.49. The summed E-state index contributed by atoms with van der Waals surface area (Å²) < 4.78 is 6.29. The number of carbonyl (C=O) groups excluding carboxylic acids is 1. The Balaban J connectivity index is 1.88. The largest absolute Gasteiger partial charge is 0.402 e. The first-order valence-electron chi connectivity index (χ1n) is 7.20. The second-order valence-corrected chi connectivity index (χ2v) is 8.19. The quantitative estimate of drug-likeness (QED) is 0.525. The number of carbonyl (C=O) groups is 1. The maximum Gasteiger partial charge on any atom is 0.363 e. The smallest absolute Gasteiger partial charge is 0.363 e. The lowest BCUT2D eigenvalue weighted by molar-refractivity contribution is -0.129. The number of thiophene rings is 1. The number of nitrogens with zero attached hydrogens (tertiary/aromatic N) is 1. The number of hydrogen-bond donors (Lipinski definition) is 0. The zero-order valence-corrected chi connectivity index (χ0v) is 15.5. The highest BCUT2D eigenvalue weighted by atomic mass is 79.9. The molecule has 0 atom stereocenters. The van der Waals surface area contributed by atoms with Crippen LogP contribution in [0.3, 0.4) is 0 Å². The van der Waals surface area contributed by atoms with Crippen LogP contribution in [-0.2, 0) is 14.9 Å². The molecule has 2 aromatic rings. The summed E-state index contributed by atoms with van der Waals surface area (Å²) in [7, 11) is 0. The second-order valence-electron chi connectivity index (χ2n) is 6.33. The molecule has 0 spiro atoms. The highest BCUT2D eigenvalue weighted by Gasteiger charge is 2.24. The van der Waals surface area contributed by atoms with E-state index in [4.69, 9.17) is 4.74 Å². The molecule has 0 bridgehead atoms. The third-order valence-corrected chi connectivity index (χ3v) is 5.13. The molecule has 0 aliphatic carbocycles. The highest BCUT2D eigenvalue weighted by molar-refractivity contribution is 9.10. The fourth-order valence-corrected chi connectivity index (χ4v) is 3.55. The van der Waals surface area contributed by atoms with Gasteiger partial charge in [0, 0.05) is 20.3 Å². The van der Waals surface area contributed by atoms with Crippen LogP contribution in [0.5, 0.6) is 0 Å². The summed E-state index contributed by atoms with van der Waals surface area (Å²) in [5.41, 5.74) is 2.45. The van der Waals surface area contributed by atoms with E-state index in [2.05, 4.69) is 41.7 Å². The second kappa shape index (κ2) is 6.06. The molecule has 0 unspecified atom stereocenters. The van der Waals surface area contributed by atoms with Gasteiger partial charge in [0.15, 0.2) is 5.70 Å². The third-order valence-electron chi connectivity index (χ3n) is 3.49. The van der Waals surface area contributed by atoms with Gasteiger partial charge in [-0.05, 0) is 51.2 Å². The summed E-state index contributed by atoms with van der Waals surface area (Å²) in [6.07, 6.45) is 1.74. The molecule has 1 aliphatic rings. The van der Waals surface area contributed by atoms with E-state index < -0.39 is 5.97 Å². The molecule has 1 aromatic carbocycles. The van der Waals surface area contributed by atoms with Gasteiger partial charge in [0.1, 0.15) is 0 Å². The standard InChI is InChI=1S/C18H16BrNO2S/c1-18(2,3)12-6-4-11(5-7-12)16-20-15(17(21)22-16)9-14-8-13(19)10-23-14/h4-10H,1-3H3/b15-9-. The first kappa shape index (κ1) is 16.1. The molecule has 0 saturated carbocycles. The van der Waals surface area contributed by atoms with Gasteiger partial charge in [-0.15, -0.1) is 11.3 Å². The van der Waals surface area contributed by atoms with E-state index in [9.17, 15) is 4.79 Å². The minimum Gasteiger partial charge on any atom is -0.402 e. The van der Waals surface area contributed by atoms with Crippen molar-refractivity contribution in [3.8, 4) is 0 Å². The fourth-order valence-electron chi connectivity index (χ4n) is 2.18. The van der Waals surface area contributed by atoms with Crippen LogP contribution in [0.4, 0.5) is 0 Å². The number of cyclic esters (lactones) is 1. The molecule has 1 aliphatic heterocycles. The average molecular weight is 390 g/mol. The van der Waals surface area contributed by atoms with Crippen molar-refractivity contribution in [2.24, 2.45) is 4.99 Å². The first-order chi connectivity index (χ1) is 10.8. The predicted octanol–water partition coefficient (Wildman–Crippen LogP) is 5.15. The Bertz CT molecular complexity index is 810. The van der Waals surface area contributed by atoms with Gasteiger partial charge in [0.05, 0.1) is 0 Å². The summed E-state index contributed by atoms with van der Waals surface area (Å²) in [5, 5.41) is 1.96. The molecule has 2 heterocycles. The van der Waals surface area contributed by atoms with Crippen LogP contribution in [-0.4, -0.2) is 11.9 Å². The zero-order chi connectivity index (χ0) is 16.6. The Kier molecular flexibility index (Phi) is 4.25. The van der Waals surface area contributed by atoms with Gasteiger partial charge in [-0.3, -0.25) is 0 Å². The number of aliphatic imine (C=N–C) groups is 1. The molecular formula is C18H16BrNO2S. The van der Waals surface area contributed by atoms with Crippen molar-refractivity contribution in [1.29, 1.82) is 0 Å². The molecule has 0 amide bonds. The number of esters is 1. The van der Waals surface area contributed by atoms with Gasteiger partial charge < -0.3 is 4.74 Å². The number of rotatable bonds is 2. The Morgan fingerprint density at radius 1 is 1.22 bits per heavy atom. The summed E-state index contributed by atoms with van der Waals surface area (Å²) in [6, 6.07) is 9.92. The van der Waals surface area contributed by atoms with E-state index >= 15 is 0 Å². The van der Waals surface area contributed by atoms with Crippen LogP contribution in [0.25, 0.3) is 6.08 Å². The molecule has 0 radical (unpaired) electrons. The van der Waals surface area contributed by atoms with E-state index in [1.807, 2.05) is 35.7 Å². The van der Waals surface area contributed by atoms with Crippen molar-refractivity contribution in [2.45, 2.75) is 26.2 Å². The maximum atomic E-state index is 12.0. The number of ether oxygens (including phenoxy) is 1. The lowest BCUT2D eigenvalue weighted by atomic mass is 9.87. The van der Waals surface area contributed by atoms with Gasteiger partial charge >= 0.3 is 5.97 Å². The Morgan fingerprint density at radius 3 is 2.48 bits per heavy atom. The van der Waals surface area contributed by atoms with E-state index in [1.54, 1.807) is 6.08 Å². The molecule has 0 N–H and O–H groups in total. The van der Waals surface area contributed by atoms with E-state index in [-0.39, 0.29) is 5.41 Å². The molecule has 118 valence electrons. The van der Waals surface area contributed by atoms with E-state index in [1.165, 1.54) is 16.9 Å². The van der Waals surface area contributed by atoms with Crippen LogP contribution in [0.2, 0.25) is 0 Å². The summed E-state index contributed by atoms with van der Waals surface area (Å²) in [5.74, 6) is -0.0539. The van der Waals surface area contributed by atoms with E-state index in [0.717, 1.165) is 14.9 Å². The topological polar surface area (TPSA) is 38.7 Å². The first-order valence-corrected chi connectivity index (χ1v) is 8.88. The van der Waals surface area contributed by atoms with Gasteiger partial charge in [0.25, 0.3) is 0 Å². The molecule has 1 aromatic heterocycles. The fraction of sp³-hybridized carbons (Fsp3) is 0.222. The zero-order valence-electron chi connectivity index (χ0n) is 13.1. The van der Waals surface area contributed by atoms with Crippen molar-refractivity contribution in [2.75, 3.05) is 0 Å². The van der Waals surface area contributed by atoms with Crippen molar-refractivity contribution in [3.63, 3.8) is 0 Å². The van der Waals surface area contributed by atoms with Gasteiger partial charge in [0.2, 0.25) is 5.90 Å². The number of hydrogen-bond acceptors (Lipinski definition) is 4. The van der Waals surface area contributed by atoms with Crippen molar-refractivity contribution in [3.05, 3.63) is 61.9 Å². The normalized spacial score (nSPS) is 16.6. The van der Waals surface area contributed by atoms with Crippen LogP contribution in [0.15, 0.2) is 50.9 Å². The minimum atomic E-state index is -0.413. The van der Waals surface area contributed by atoms with Crippen molar-refractivity contribution < 1.29 is 9.53 Å². The lowest BCUT2D eigenvalue weighted by Gasteiger charge is -2.18. The van der Waals surface area contributed by atoms with Crippen molar-refractivity contribution >= 4 is 45.2 Å². The summed E-state index contributed by atoms with van der Waals surface area (Å²) in [4.78, 5) is 17.3. The Hall–Kier alpha value is -1.72. The molecule has 5 heteroatoms. The molecule has 0 saturated heterocycles. The number of halogens is 1. The van der Waals surface area contributed by atoms with Crippen LogP contribution in [0.1, 0.15) is 36.8 Å². The van der Waals surface area contributed by atoms with E-state index in [0.29, 0.717) is 11.6 Å².